The quantitative estimate of drug-likeness (QED) is 0.195. The van der Waals surface area contributed by atoms with E-state index in [1.807, 2.05) is 0 Å². The lowest BCUT2D eigenvalue weighted by Gasteiger charge is -2.08. The molecule has 13 heteroatoms. The van der Waals surface area contributed by atoms with Crippen molar-refractivity contribution in [3.05, 3.63) is 78.7 Å². The van der Waals surface area contributed by atoms with Gasteiger partial charge in [-0.3, -0.25) is 20.2 Å². The van der Waals surface area contributed by atoms with Gasteiger partial charge in [-0.05, 0) is 41.6 Å². The number of nitrogens with one attached hydrogen (secondary N) is 1. The summed E-state index contributed by atoms with van der Waals surface area (Å²) < 4.78 is 10.0. The molecule has 1 aliphatic heterocycles. The fourth-order valence-corrected chi connectivity index (χ4v) is 3.52. The molecule has 33 heavy (non-hydrogen) atoms. The Balaban J connectivity index is 1.70. The molecule has 1 saturated heterocycles. The van der Waals surface area contributed by atoms with Crippen molar-refractivity contribution in [2.24, 2.45) is 10.2 Å². The number of esters is 1. The van der Waals surface area contributed by atoms with Crippen LogP contribution in [0.3, 0.4) is 0 Å². The van der Waals surface area contributed by atoms with Gasteiger partial charge in [-0.1, -0.05) is 29.3 Å². The van der Waals surface area contributed by atoms with Gasteiger partial charge in [0, 0.05) is 17.7 Å². The van der Waals surface area contributed by atoms with E-state index in [4.69, 9.17) is 27.9 Å². The highest BCUT2D eigenvalue weighted by atomic mass is 35.5. The van der Waals surface area contributed by atoms with Crippen molar-refractivity contribution >= 4 is 63.9 Å². The first-order valence-electron chi connectivity index (χ1n) is 9.02. The monoisotopic (exact) mass is 508 g/mol. The lowest BCUT2D eigenvalue weighted by atomic mass is 10.2. The number of benzene rings is 2. The summed E-state index contributed by atoms with van der Waals surface area (Å²) in [6.07, 6.45) is 2.31. The maximum Gasteiger partial charge on any atom is 0.331 e. The van der Waals surface area contributed by atoms with Crippen LogP contribution in [-0.4, -0.2) is 35.3 Å². The molecule has 0 aromatic heterocycles. The number of halogens is 2. The summed E-state index contributed by atoms with van der Waals surface area (Å²) in [5, 5.41) is 22.5. The molecule has 170 valence electrons. The summed E-state index contributed by atoms with van der Waals surface area (Å²) in [5.74, 6) is -1.13. The van der Waals surface area contributed by atoms with Crippen LogP contribution < -0.4 is 10.1 Å². The number of ether oxygens (including phenoxy) is 2. The predicted molar refractivity (Wildman–Crippen MR) is 125 cm³/mol. The maximum absolute atomic E-state index is 11.8. The maximum atomic E-state index is 11.8. The van der Waals surface area contributed by atoms with Crippen LogP contribution in [0.2, 0.25) is 10.0 Å². The van der Waals surface area contributed by atoms with E-state index in [0.717, 1.165) is 17.8 Å². The number of rotatable bonds is 7. The topological polar surface area (TPSA) is 132 Å². The average molecular weight is 509 g/mol. The van der Waals surface area contributed by atoms with Crippen molar-refractivity contribution < 1.29 is 24.0 Å². The molecular formula is C20H14Cl2N4O6S. The van der Waals surface area contributed by atoms with Crippen LogP contribution in [0.5, 0.6) is 5.75 Å². The van der Waals surface area contributed by atoms with Gasteiger partial charge in [0.15, 0.2) is 10.9 Å². The van der Waals surface area contributed by atoms with E-state index in [1.54, 1.807) is 24.3 Å². The van der Waals surface area contributed by atoms with Crippen LogP contribution in [0.1, 0.15) is 11.1 Å². The molecular weight excluding hydrogens is 495 g/mol. The average Bonchev–Trinajstić information content (AvgIpc) is 3.13. The van der Waals surface area contributed by atoms with E-state index >= 15 is 0 Å². The Kier molecular flexibility index (Phi) is 8.04. The van der Waals surface area contributed by atoms with Gasteiger partial charge in [0.05, 0.1) is 33.2 Å². The van der Waals surface area contributed by atoms with E-state index in [9.17, 15) is 19.7 Å². The molecule has 0 spiro atoms. The van der Waals surface area contributed by atoms with E-state index in [0.29, 0.717) is 21.2 Å². The van der Waals surface area contributed by atoms with Crippen molar-refractivity contribution in [2.75, 3.05) is 7.11 Å². The lowest BCUT2D eigenvalue weighted by Crippen LogP contribution is -2.19. The van der Waals surface area contributed by atoms with Gasteiger partial charge in [-0.15, -0.1) is 5.10 Å². The summed E-state index contributed by atoms with van der Waals surface area (Å²) >= 11 is 12.8. The molecule has 2 aromatic rings. The molecule has 2 aromatic carbocycles. The SMILES string of the molecule is COC(=O)/C=C1/S/C(=N\N=Cc2ccc(OCc3ccc(Cl)c(Cl)c3)c([N+](=O)[O-])c2)NC1=O. The number of amidine groups is 1. The summed E-state index contributed by atoms with van der Waals surface area (Å²) in [4.78, 5) is 34.0. The Hall–Kier alpha value is -3.41. The number of nitrogens with zero attached hydrogens (tertiary/aromatic N) is 3. The van der Waals surface area contributed by atoms with Gasteiger partial charge in [-0.25, -0.2) is 4.79 Å². The molecule has 1 heterocycles. The zero-order valence-electron chi connectivity index (χ0n) is 16.8. The van der Waals surface area contributed by atoms with Crippen LogP contribution in [0.15, 0.2) is 57.6 Å². The van der Waals surface area contributed by atoms with Crippen molar-refractivity contribution in [1.82, 2.24) is 5.32 Å². The van der Waals surface area contributed by atoms with Crippen molar-refractivity contribution in [1.29, 1.82) is 0 Å². The zero-order chi connectivity index (χ0) is 24.0. The van der Waals surface area contributed by atoms with Gasteiger partial charge < -0.3 is 9.47 Å². The Labute approximate surface area is 201 Å². The molecule has 0 aliphatic carbocycles. The second-order valence-corrected chi connectivity index (χ2v) is 8.10. The minimum absolute atomic E-state index is 0.0527. The second kappa shape index (κ2) is 10.9. The molecule has 0 radical (unpaired) electrons. The van der Waals surface area contributed by atoms with Gasteiger partial charge in [-0.2, -0.15) is 5.10 Å². The molecule has 0 atom stereocenters. The number of nitro benzene ring substituents is 1. The summed E-state index contributed by atoms with van der Waals surface area (Å²) in [7, 11) is 1.19. The van der Waals surface area contributed by atoms with Gasteiger partial charge in [0.25, 0.3) is 5.91 Å². The standard InChI is InChI=1S/C20H14Cl2N4O6S/c1-31-18(27)8-17-19(28)24-20(33-17)25-23-9-11-3-5-16(15(7-11)26(29)30)32-10-12-2-4-13(21)14(22)6-12/h2-9H,10H2,1H3,(H,24,25,28)/b17-8+,23-9?. The first-order valence-corrected chi connectivity index (χ1v) is 10.6. The van der Waals surface area contributed by atoms with E-state index in [1.165, 1.54) is 25.5 Å². The largest absolute Gasteiger partial charge is 0.482 e. The van der Waals surface area contributed by atoms with E-state index in [2.05, 4.69) is 20.3 Å². The molecule has 1 N–H and O–H groups in total. The molecule has 10 nitrogen and oxygen atoms in total. The lowest BCUT2D eigenvalue weighted by molar-refractivity contribution is -0.385. The third-order valence-corrected chi connectivity index (χ3v) is 5.65. The molecule has 1 amide bonds. The Morgan fingerprint density at radius 2 is 2.03 bits per heavy atom. The number of methoxy groups -OCH3 is 1. The summed E-state index contributed by atoms with van der Waals surface area (Å²) in [6.45, 7) is 0.0527. The highest BCUT2D eigenvalue weighted by Gasteiger charge is 2.25. The fourth-order valence-electron chi connectivity index (χ4n) is 2.46. The number of hydrogen-bond donors (Lipinski definition) is 1. The first kappa shape index (κ1) is 24.2. The number of carbonyl (C=O) groups excluding carboxylic acids is 2. The Morgan fingerprint density at radius 3 is 2.73 bits per heavy atom. The second-order valence-electron chi connectivity index (χ2n) is 6.26. The number of thioether (sulfide) groups is 1. The number of carbonyl (C=O) groups is 2. The predicted octanol–water partition coefficient (Wildman–Crippen LogP) is 4.09. The van der Waals surface area contributed by atoms with Crippen LogP contribution in [0, 0.1) is 10.1 Å². The molecule has 1 aliphatic rings. The minimum atomic E-state index is -0.675. The molecule has 0 unspecified atom stereocenters. The summed E-state index contributed by atoms with van der Waals surface area (Å²) in [6, 6.07) is 9.19. The third-order valence-electron chi connectivity index (χ3n) is 4.01. The van der Waals surface area contributed by atoms with Crippen LogP contribution in [-0.2, 0) is 20.9 Å². The molecule has 0 bridgehead atoms. The van der Waals surface area contributed by atoms with Crippen molar-refractivity contribution in [3.8, 4) is 5.75 Å². The highest BCUT2D eigenvalue weighted by Crippen LogP contribution is 2.29. The Morgan fingerprint density at radius 1 is 1.24 bits per heavy atom. The van der Waals surface area contributed by atoms with Crippen LogP contribution >= 0.6 is 35.0 Å². The Bertz CT molecular complexity index is 1220. The minimum Gasteiger partial charge on any atom is -0.482 e. The van der Waals surface area contributed by atoms with Crippen LogP contribution in [0.25, 0.3) is 0 Å². The van der Waals surface area contributed by atoms with Gasteiger partial charge in [0.2, 0.25) is 0 Å². The highest BCUT2D eigenvalue weighted by molar-refractivity contribution is 8.18. The molecule has 3 rings (SSSR count). The van der Waals surface area contributed by atoms with Crippen LogP contribution in [0.4, 0.5) is 5.69 Å². The first-order chi connectivity index (χ1) is 15.8. The van der Waals surface area contributed by atoms with Gasteiger partial charge >= 0.3 is 11.7 Å². The number of hydrogen-bond acceptors (Lipinski definition) is 9. The number of nitro groups is 1. The smallest absolute Gasteiger partial charge is 0.331 e. The third kappa shape index (κ3) is 6.54. The van der Waals surface area contributed by atoms with E-state index in [-0.39, 0.29) is 28.1 Å². The van der Waals surface area contributed by atoms with E-state index < -0.39 is 16.8 Å². The fraction of sp³-hybridized carbons (Fsp3) is 0.100. The molecule has 1 fully saturated rings. The number of amides is 1. The molecule has 0 saturated carbocycles. The zero-order valence-corrected chi connectivity index (χ0v) is 19.1. The van der Waals surface area contributed by atoms with Gasteiger partial charge in [0.1, 0.15) is 6.61 Å². The van der Waals surface area contributed by atoms with Crippen molar-refractivity contribution in [2.45, 2.75) is 6.61 Å². The summed E-state index contributed by atoms with van der Waals surface area (Å²) in [5.41, 5.74) is 0.808. The normalized spacial score (nSPS) is 15.8. The van der Waals surface area contributed by atoms with Crippen molar-refractivity contribution in [3.63, 3.8) is 0 Å².